The fourth-order valence-corrected chi connectivity index (χ4v) is 2.25. The zero-order chi connectivity index (χ0) is 14.7. The average molecular weight is 275 g/mol. The summed E-state index contributed by atoms with van der Waals surface area (Å²) < 4.78 is 14.8. The third-order valence-electron chi connectivity index (χ3n) is 3.18. The smallest absolute Gasteiger partial charge is 0.337 e. The lowest BCUT2D eigenvalue weighted by molar-refractivity contribution is 0.0695. The van der Waals surface area contributed by atoms with Gasteiger partial charge in [0.25, 0.3) is 0 Å². The summed E-state index contributed by atoms with van der Waals surface area (Å²) in [5.74, 6) is -0.802. The second-order valence-electron chi connectivity index (χ2n) is 5.33. The van der Waals surface area contributed by atoms with E-state index in [0.29, 0.717) is 24.4 Å². The van der Waals surface area contributed by atoms with E-state index in [1.807, 2.05) is 4.57 Å². The van der Waals surface area contributed by atoms with E-state index in [4.69, 9.17) is 0 Å². The highest BCUT2D eigenvalue weighted by atomic mass is 19.1. The van der Waals surface area contributed by atoms with Crippen LogP contribution in [0.4, 0.5) is 4.39 Å². The van der Waals surface area contributed by atoms with Crippen molar-refractivity contribution < 1.29 is 14.3 Å². The molecular weight excluding hydrogens is 257 g/mol. The van der Waals surface area contributed by atoms with Gasteiger partial charge in [0, 0.05) is 18.4 Å². The lowest BCUT2D eigenvalue weighted by Gasteiger charge is -2.12. The first-order chi connectivity index (χ1) is 9.47. The fourth-order valence-electron chi connectivity index (χ4n) is 2.25. The van der Waals surface area contributed by atoms with Crippen LogP contribution in [0.5, 0.6) is 0 Å². The molecule has 0 aliphatic rings. The minimum Gasteiger partial charge on any atom is -0.478 e. The van der Waals surface area contributed by atoms with Crippen LogP contribution in [-0.2, 0) is 13.0 Å². The quantitative estimate of drug-likeness (QED) is 0.906. The van der Waals surface area contributed by atoms with Gasteiger partial charge in [0.2, 0.25) is 0 Å². The highest BCUT2D eigenvalue weighted by molar-refractivity contribution is 5.89. The van der Waals surface area contributed by atoms with E-state index < -0.39 is 5.97 Å². The van der Waals surface area contributed by atoms with Crippen LogP contribution >= 0.6 is 0 Å². The van der Waals surface area contributed by atoms with E-state index in [9.17, 15) is 14.3 Å². The lowest BCUT2D eigenvalue weighted by atomic mass is 10.0. The van der Waals surface area contributed by atoms with E-state index in [0.717, 1.165) is 11.3 Å². The standard InChI is InChI=1S/C16H18FNO2/c1-11(2)9-15-14(16(19)20)7-8-18(15)10-12-3-5-13(17)6-4-12/h3-8,11H,9-10H2,1-2H3,(H,19,20). The molecule has 1 heterocycles. The molecule has 2 rings (SSSR count). The molecule has 1 aromatic carbocycles. The Hall–Kier alpha value is -2.10. The van der Waals surface area contributed by atoms with Crippen LogP contribution in [0.15, 0.2) is 36.5 Å². The van der Waals surface area contributed by atoms with Gasteiger partial charge in [-0.1, -0.05) is 26.0 Å². The molecule has 0 saturated carbocycles. The number of carboxylic acid groups (broad SMARTS) is 1. The highest BCUT2D eigenvalue weighted by Gasteiger charge is 2.16. The minimum atomic E-state index is -0.904. The topological polar surface area (TPSA) is 42.2 Å². The molecule has 4 heteroatoms. The molecule has 0 radical (unpaired) electrons. The molecule has 0 spiro atoms. The van der Waals surface area contributed by atoms with Crippen LogP contribution in [0, 0.1) is 11.7 Å². The van der Waals surface area contributed by atoms with Crippen LogP contribution in [0.1, 0.15) is 35.5 Å². The number of aromatic carboxylic acids is 1. The summed E-state index contributed by atoms with van der Waals surface area (Å²) in [5.41, 5.74) is 2.11. The summed E-state index contributed by atoms with van der Waals surface area (Å²) in [7, 11) is 0. The number of hydrogen-bond donors (Lipinski definition) is 1. The van der Waals surface area contributed by atoms with E-state index >= 15 is 0 Å². The van der Waals surface area contributed by atoms with Crippen molar-refractivity contribution in [3.63, 3.8) is 0 Å². The largest absolute Gasteiger partial charge is 0.478 e. The van der Waals surface area contributed by atoms with Crippen LogP contribution in [-0.4, -0.2) is 15.6 Å². The number of aromatic nitrogens is 1. The first-order valence-electron chi connectivity index (χ1n) is 6.63. The zero-order valence-electron chi connectivity index (χ0n) is 11.6. The van der Waals surface area contributed by atoms with E-state index in [1.165, 1.54) is 12.1 Å². The Bertz CT molecular complexity index is 599. The molecule has 1 N–H and O–H groups in total. The summed E-state index contributed by atoms with van der Waals surface area (Å²) >= 11 is 0. The zero-order valence-corrected chi connectivity index (χ0v) is 11.6. The summed E-state index contributed by atoms with van der Waals surface area (Å²) in [5, 5.41) is 9.23. The van der Waals surface area contributed by atoms with Crippen LogP contribution < -0.4 is 0 Å². The number of halogens is 1. The predicted octanol–water partition coefficient (Wildman–Crippen LogP) is 3.57. The van der Waals surface area contributed by atoms with Gasteiger partial charge in [0.1, 0.15) is 5.82 Å². The molecule has 106 valence electrons. The Balaban J connectivity index is 2.31. The van der Waals surface area contributed by atoms with E-state index in [2.05, 4.69) is 13.8 Å². The monoisotopic (exact) mass is 275 g/mol. The van der Waals surface area contributed by atoms with Crippen LogP contribution in [0.3, 0.4) is 0 Å². The molecule has 0 atom stereocenters. The maximum atomic E-state index is 12.9. The van der Waals surface area contributed by atoms with Crippen molar-refractivity contribution in [3.8, 4) is 0 Å². The van der Waals surface area contributed by atoms with Gasteiger partial charge >= 0.3 is 5.97 Å². The molecule has 0 fully saturated rings. The second kappa shape index (κ2) is 5.90. The summed E-state index contributed by atoms with van der Waals surface area (Å²) in [6.45, 7) is 4.66. The summed E-state index contributed by atoms with van der Waals surface area (Å²) in [4.78, 5) is 11.3. The molecule has 20 heavy (non-hydrogen) atoms. The Morgan fingerprint density at radius 3 is 2.45 bits per heavy atom. The summed E-state index contributed by atoms with van der Waals surface area (Å²) in [6.07, 6.45) is 2.49. The number of hydrogen-bond acceptors (Lipinski definition) is 1. The third kappa shape index (κ3) is 3.26. The normalized spacial score (nSPS) is 11.0. The number of carbonyl (C=O) groups is 1. The van der Waals surface area contributed by atoms with Crippen molar-refractivity contribution in [3.05, 3.63) is 59.2 Å². The van der Waals surface area contributed by atoms with Gasteiger partial charge in [-0.25, -0.2) is 9.18 Å². The lowest BCUT2D eigenvalue weighted by Crippen LogP contribution is -2.10. The molecule has 0 saturated heterocycles. The minimum absolute atomic E-state index is 0.269. The molecule has 3 nitrogen and oxygen atoms in total. The van der Waals surface area contributed by atoms with Gasteiger partial charge in [0.15, 0.2) is 0 Å². The number of rotatable bonds is 5. The van der Waals surface area contributed by atoms with Gasteiger partial charge in [-0.05, 0) is 36.1 Å². The Morgan fingerprint density at radius 1 is 1.25 bits per heavy atom. The molecule has 0 bridgehead atoms. The number of nitrogens with zero attached hydrogens (tertiary/aromatic N) is 1. The third-order valence-corrected chi connectivity index (χ3v) is 3.18. The van der Waals surface area contributed by atoms with Gasteiger partial charge in [0.05, 0.1) is 5.56 Å². The number of benzene rings is 1. The average Bonchev–Trinajstić information content (AvgIpc) is 2.75. The van der Waals surface area contributed by atoms with E-state index in [1.54, 1.807) is 24.4 Å². The molecule has 0 amide bonds. The molecule has 2 aromatic rings. The van der Waals surface area contributed by atoms with Crippen molar-refractivity contribution in [2.75, 3.05) is 0 Å². The van der Waals surface area contributed by atoms with Crippen molar-refractivity contribution in [2.24, 2.45) is 5.92 Å². The van der Waals surface area contributed by atoms with Crippen molar-refractivity contribution >= 4 is 5.97 Å². The van der Waals surface area contributed by atoms with Crippen LogP contribution in [0.2, 0.25) is 0 Å². The van der Waals surface area contributed by atoms with Gasteiger partial charge in [-0.15, -0.1) is 0 Å². The molecule has 0 aliphatic carbocycles. The molecule has 1 aromatic heterocycles. The first-order valence-corrected chi connectivity index (χ1v) is 6.63. The van der Waals surface area contributed by atoms with Gasteiger partial charge in [-0.2, -0.15) is 0 Å². The van der Waals surface area contributed by atoms with Crippen molar-refractivity contribution in [2.45, 2.75) is 26.8 Å². The molecule has 0 unspecified atom stereocenters. The van der Waals surface area contributed by atoms with Gasteiger partial charge in [-0.3, -0.25) is 0 Å². The summed E-state index contributed by atoms with van der Waals surface area (Å²) in [6, 6.07) is 7.89. The van der Waals surface area contributed by atoms with Crippen LogP contribution in [0.25, 0.3) is 0 Å². The first kappa shape index (κ1) is 14.3. The SMILES string of the molecule is CC(C)Cc1c(C(=O)O)ccn1Cc1ccc(F)cc1. The predicted molar refractivity (Wildman–Crippen MR) is 75.4 cm³/mol. The molecular formula is C16H18FNO2. The Labute approximate surface area is 117 Å². The maximum Gasteiger partial charge on any atom is 0.337 e. The number of carboxylic acids is 1. The van der Waals surface area contributed by atoms with Crippen molar-refractivity contribution in [1.29, 1.82) is 0 Å². The van der Waals surface area contributed by atoms with E-state index in [-0.39, 0.29) is 5.82 Å². The highest BCUT2D eigenvalue weighted by Crippen LogP contribution is 2.18. The fraction of sp³-hybridized carbons (Fsp3) is 0.312. The van der Waals surface area contributed by atoms with Gasteiger partial charge < -0.3 is 9.67 Å². The molecule has 0 aliphatic heterocycles. The Morgan fingerprint density at radius 2 is 1.90 bits per heavy atom. The van der Waals surface area contributed by atoms with Crippen molar-refractivity contribution in [1.82, 2.24) is 4.57 Å². The Kier molecular flexibility index (Phi) is 4.23. The second-order valence-corrected chi connectivity index (χ2v) is 5.33. The maximum absolute atomic E-state index is 12.9.